The van der Waals surface area contributed by atoms with E-state index < -0.39 is 0 Å². The third-order valence-electron chi connectivity index (χ3n) is 5.02. The van der Waals surface area contributed by atoms with Crippen molar-refractivity contribution in [3.63, 3.8) is 0 Å². The molecule has 7 heteroatoms. The number of nitrogens with zero attached hydrogens (tertiary/aromatic N) is 3. The lowest BCUT2D eigenvalue weighted by molar-refractivity contribution is 0.104. The Morgan fingerprint density at radius 2 is 1.72 bits per heavy atom. The molecule has 2 N–H and O–H groups in total. The predicted molar refractivity (Wildman–Crippen MR) is 122 cm³/mol. The number of rotatable bonds is 4. The van der Waals surface area contributed by atoms with Crippen molar-refractivity contribution in [3.05, 3.63) is 75.1 Å². The number of hydrogen-bond acceptors (Lipinski definition) is 6. The Balaban J connectivity index is 1.58. The van der Waals surface area contributed by atoms with Crippen molar-refractivity contribution in [1.82, 2.24) is 0 Å². The van der Waals surface area contributed by atoms with E-state index in [2.05, 4.69) is 43.9 Å². The molecule has 2 aromatic carbocycles. The molecule has 0 amide bonds. The normalized spacial score (nSPS) is 13.9. The number of anilines is 3. The molecule has 1 aromatic heterocycles. The summed E-state index contributed by atoms with van der Waals surface area (Å²) in [5.41, 5.74) is 8.67. The molecule has 1 aliphatic rings. The lowest BCUT2D eigenvalue weighted by Gasteiger charge is -2.36. The first kappa shape index (κ1) is 19.5. The van der Waals surface area contributed by atoms with Crippen LogP contribution in [0.5, 0.6) is 0 Å². The van der Waals surface area contributed by atoms with Crippen LogP contribution in [0.1, 0.15) is 20.8 Å². The lowest BCUT2D eigenvalue weighted by atomic mass is 10.1. The number of halogens is 1. The average Bonchev–Trinajstić information content (AvgIpc) is 3.10. The van der Waals surface area contributed by atoms with Crippen molar-refractivity contribution >= 4 is 49.4 Å². The minimum atomic E-state index is -0.153. The quantitative estimate of drug-likeness (QED) is 0.572. The molecule has 0 radical (unpaired) electrons. The highest BCUT2D eigenvalue weighted by atomic mass is 79.9. The molecule has 0 unspecified atom stereocenters. The Bertz CT molecular complexity index is 1080. The van der Waals surface area contributed by atoms with Crippen LogP contribution in [-0.4, -0.2) is 32.0 Å². The fourth-order valence-corrected chi connectivity index (χ4v) is 5.08. The fraction of sp³-hybridized carbons (Fsp3) is 0.182. The smallest absolute Gasteiger partial charge is 0.205 e. The summed E-state index contributed by atoms with van der Waals surface area (Å²) < 4.78 is 0.830. The Kier molecular flexibility index (Phi) is 5.56. The van der Waals surface area contributed by atoms with Gasteiger partial charge in [0, 0.05) is 41.9 Å². The SMILES string of the molecule is N#Cc1c(N2CCN(c3ccccc3)CC2)sc(C(=O)c2cccc(Br)c2)c1N. The minimum absolute atomic E-state index is 0.153. The molecular formula is C22H19BrN4OS. The van der Waals surface area contributed by atoms with Crippen molar-refractivity contribution < 1.29 is 4.79 Å². The third kappa shape index (κ3) is 3.86. The van der Waals surface area contributed by atoms with Gasteiger partial charge in [0.05, 0.1) is 5.69 Å². The van der Waals surface area contributed by atoms with Crippen molar-refractivity contribution in [2.45, 2.75) is 0 Å². The molecule has 0 bridgehead atoms. The van der Waals surface area contributed by atoms with E-state index in [1.54, 1.807) is 12.1 Å². The zero-order valence-electron chi connectivity index (χ0n) is 15.6. The number of thiophene rings is 1. The molecule has 0 spiro atoms. The highest BCUT2D eigenvalue weighted by molar-refractivity contribution is 9.10. The van der Waals surface area contributed by atoms with Crippen LogP contribution < -0.4 is 15.5 Å². The van der Waals surface area contributed by atoms with Gasteiger partial charge in [-0.2, -0.15) is 5.26 Å². The molecule has 146 valence electrons. The van der Waals surface area contributed by atoms with E-state index in [1.165, 1.54) is 17.0 Å². The van der Waals surface area contributed by atoms with Crippen LogP contribution in [0.25, 0.3) is 0 Å². The van der Waals surface area contributed by atoms with E-state index in [-0.39, 0.29) is 11.5 Å². The van der Waals surface area contributed by atoms with E-state index in [1.807, 2.05) is 30.3 Å². The Labute approximate surface area is 182 Å². The van der Waals surface area contributed by atoms with Gasteiger partial charge in [-0.1, -0.05) is 46.3 Å². The number of ketones is 1. The van der Waals surface area contributed by atoms with Crippen molar-refractivity contribution in [2.75, 3.05) is 41.7 Å². The standard InChI is InChI=1S/C22H19BrN4OS/c23-16-6-4-5-15(13-16)20(28)21-19(25)18(14-24)22(29-21)27-11-9-26(10-12-27)17-7-2-1-3-8-17/h1-8,13H,9-12,25H2. The maximum Gasteiger partial charge on any atom is 0.205 e. The summed E-state index contributed by atoms with van der Waals surface area (Å²) in [5, 5.41) is 10.5. The average molecular weight is 467 g/mol. The number of carbonyl (C=O) groups excluding carboxylic acids is 1. The second kappa shape index (κ2) is 8.27. The van der Waals surface area contributed by atoms with Crippen LogP contribution >= 0.6 is 27.3 Å². The summed E-state index contributed by atoms with van der Waals surface area (Å²) in [6.45, 7) is 3.24. The summed E-state index contributed by atoms with van der Waals surface area (Å²) in [5.74, 6) is -0.153. The number of nitriles is 1. The minimum Gasteiger partial charge on any atom is -0.396 e. The first-order valence-electron chi connectivity index (χ1n) is 9.26. The van der Waals surface area contributed by atoms with Gasteiger partial charge in [-0.15, -0.1) is 11.3 Å². The fourth-order valence-electron chi connectivity index (χ4n) is 3.50. The highest BCUT2D eigenvalue weighted by Crippen LogP contribution is 2.39. The predicted octanol–water partition coefficient (Wildman–Crippen LogP) is 4.52. The van der Waals surface area contributed by atoms with Crippen molar-refractivity contribution in [1.29, 1.82) is 5.26 Å². The molecule has 1 fully saturated rings. The van der Waals surface area contributed by atoms with Gasteiger partial charge in [-0.3, -0.25) is 4.79 Å². The first-order chi connectivity index (χ1) is 14.1. The van der Waals surface area contributed by atoms with Crippen molar-refractivity contribution in [3.8, 4) is 6.07 Å². The van der Waals surface area contributed by atoms with E-state index in [4.69, 9.17) is 5.73 Å². The third-order valence-corrected chi connectivity index (χ3v) is 6.78. The summed E-state index contributed by atoms with van der Waals surface area (Å²) in [4.78, 5) is 17.9. The molecule has 0 aliphatic carbocycles. The van der Waals surface area contributed by atoms with Crippen LogP contribution in [0, 0.1) is 11.3 Å². The maximum atomic E-state index is 13.0. The zero-order chi connectivity index (χ0) is 20.4. The van der Waals surface area contributed by atoms with E-state index >= 15 is 0 Å². The van der Waals surface area contributed by atoms with Crippen molar-refractivity contribution in [2.24, 2.45) is 0 Å². The molecule has 1 aliphatic heterocycles. The number of nitrogens with two attached hydrogens (primary N) is 1. The van der Waals surface area contributed by atoms with Gasteiger partial charge in [0.2, 0.25) is 5.78 Å². The van der Waals surface area contributed by atoms with E-state index in [9.17, 15) is 10.1 Å². The Morgan fingerprint density at radius 1 is 1.03 bits per heavy atom. The van der Waals surface area contributed by atoms with Gasteiger partial charge in [0.15, 0.2) is 0 Å². The van der Waals surface area contributed by atoms with Crippen LogP contribution in [0.15, 0.2) is 59.1 Å². The maximum absolute atomic E-state index is 13.0. The lowest BCUT2D eigenvalue weighted by Crippen LogP contribution is -2.46. The molecule has 4 rings (SSSR count). The first-order valence-corrected chi connectivity index (χ1v) is 10.9. The number of carbonyl (C=O) groups is 1. The van der Waals surface area contributed by atoms with E-state index in [0.717, 1.165) is 35.7 Å². The summed E-state index contributed by atoms with van der Waals surface area (Å²) in [6.07, 6.45) is 0. The molecule has 0 saturated carbocycles. The number of piperazine rings is 1. The molecule has 1 saturated heterocycles. The summed E-state index contributed by atoms with van der Waals surface area (Å²) >= 11 is 4.72. The molecule has 3 aromatic rings. The number of benzene rings is 2. The molecule has 2 heterocycles. The number of hydrogen-bond donors (Lipinski definition) is 1. The molecule has 0 atom stereocenters. The van der Waals surface area contributed by atoms with Crippen LogP contribution in [0.2, 0.25) is 0 Å². The Morgan fingerprint density at radius 3 is 2.38 bits per heavy atom. The monoisotopic (exact) mass is 466 g/mol. The Hall–Kier alpha value is -2.82. The number of para-hydroxylation sites is 1. The van der Waals surface area contributed by atoms with Crippen LogP contribution in [-0.2, 0) is 0 Å². The largest absolute Gasteiger partial charge is 0.396 e. The molecule has 5 nitrogen and oxygen atoms in total. The summed E-state index contributed by atoms with van der Waals surface area (Å²) in [6, 6.07) is 19.7. The van der Waals surface area contributed by atoms with Crippen LogP contribution in [0.3, 0.4) is 0 Å². The number of nitrogen functional groups attached to an aromatic ring is 1. The van der Waals surface area contributed by atoms with Crippen LogP contribution in [0.4, 0.5) is 16.4 Å². The topological polar surface area (TPSA) is 73.4 Å². The van der Waals surface area contributed by atoms with Gasteiger partial charge < -0.3 is 15.5 Å². The highest BCUT2D eigenvalue weighted by Gasteiger charge is 2.27. The van der Waals surface area contributed by atoms with Gasteiger partial charge in [-0.25, -0.2) is 0 Å². The van der Waals surface area contributed by atoms with Gasteiger partial charge in [-0.05, 0) is 24.3 Å². The van der Waals surface area contributed by atoms with E-state index in [0.29, 0.717) is 16.0 Å². The molecule has 29 heavy (non-hydrogen) atoms. The second-order valence-corrected chi connectivity index (χ2v) is 8.70. The van der Waals surface area contributed by atoms with Gasteiger partial charge in [0.25, 0.3) is 0 Å². The van der Waals surface area contributed by atoms with Gasteiger partial charge in [0.1, 0.15) is 21.5 Å². The molecular weight excluding hydrogens is 448 g/mol. The second-order valence-electron chi connectivity index (χ2n) is 6.79. The van der Waals surface area contributed by atoms with Gasteiger partial charge >= 0.3 is 0 Å². The summed E-state index contributed by atoms with van der Waals surface area (Å²) in [7, 11) is 0. The zero-order valence-corrected chi connectivity index (χ0v) is 18.0.